The summed E-state index contributed by atoms with van der Waals surface area (Å²) in [5.41, 5.74) is 6.04. The van der Waals surface area contributed by atoms with Crippen LogP contribution in [0.2, 0.25) is 0 Å². The van der Waals surface area contributed by atoms with Gasteiger partial charge in [0.1, 0.15) is 0 Å². The van der Waals surface area contributed by atoms with Crippen molar-refractivity contribution in [2.24, 2.45) is 0 Å². The molecule has 0 saturated carbocycles. The van der Waals surface area contributed by atoms with Gasteiger partial charge in [-0.2, -0.15) is 5.10 Å². The minimum Gasteiger partial charge on any atom is -0.352 e. The summed E-state index contributed by atoms with van der Waals surface area (Å²) in [5.74, 6) is 0.174. The van der Waals surface area contributed by atoms with E-state index in [0.717, 1.165) is 25.2 Å². The zero-order valence-corrected chi connectivity index (χ0v) is 15.6. The van der Waals surface area contributed by atoms with E-state index in [9.17, 15) is 4.79 Å². The average Bonchev–Trinajstić information content (AvgIpc) is 3.18. The highest BCUT2D eigenvalue weighted by Gasteiger charge is 2.25. The van der Waals surface area contributed by atoms with E-state index in [-0.39, 0.29) is 11.9 Å². The number of aromatic nitrogens is 2. The van der Waals surface area contributed by atoms with E-state index in [1.807, 2.05) is 6.20 Å². The molecule has 2 aromatic rings. The van der Waals surface area contributed by atoms with Crippen molar-refractivity contribution >= 4 is 5.91 Å². The summed E-state index contributed by atoms with van der Waals surface area (Å²) in [5, 5.41) is 10.5. The lowest BCUT2D eigenvalue weighted by atomic mass is 10.0. The molecule has 1 atom stereocenters. The quantitative estimate of drug-likeness (QED) is 0.849. The summed E-state index contributed by atoms with van der Waals surface area (Å²) in [6.07, 6.45) is 3.50. The lowest BCUT2D eigenvalue weighted by molar-refractivity contribution is -0.119. The second kappa shape index (κ2) is 7.40. The number of carbonyl (C=O) groups excluding carboxylic acids is 1. The molecule has 1 aromatic carbocycles. The fourth-order valence-electron chi connectivity index (χ4n) is 3.35. The first kappa shape index (κ1) is 17.7. The molecular weight excluding hydrogens is 312 g/mol. The van der Waals surface area contributed by atoms with Gasteiger partial charge in [-0.1, -0.05) is 12.1 Å². The number of aromatic amines is 1. The average molecular weight is 340 g/mol. The second-order valence-electron chi connectivity index (χ2n) is 7.40. The van der Waals surface area contributed by atoms with Gasteiger partial charge in [-0.3, -0.25) is 14.8 Å². The van der Waals surface area contributed by atoms with Crippen LogP contribution in [0.5, 0.6) is 0 Å². The Labute approximate surface area is 149 Å². The van der Waals surface area contributed by atoms with E-state index in [4.69, 9.17) is 0 Å². The predicted octanol–water partition coefficient (Wildman–Crippen LogP) is 3.18. The zero-order valence-electron chi connectivity index (χ0n) is 15.6. The van der Waals surface area contributed by atoms with Crippen molar-refractivity contribution in [3.63, 3.8) is 0 Å². The lowest BCUT2D eigenvalue weighted by Crippen LogP contribution is -2.41. The molecule has 1 aromatic heterocycles. The molecule has 2 heterocycles. The monoisotopic (exact) mass is 340 g/mol. The van der Waals surface area contributed by atoms with Crippen LogP contribution >= 0.6 is 0 Å². The van der Waals surface area contributed by atoms with Crippen LogP contribution in [0.15, 0.2) is 24.4 Å². The Morgan fingerprint density at radius 3 is 2.72 bits per heavy atom. The summed E-state index contributed by atoms with van der Waals surface area (Å²) in [6, 6.07) is 7.18. The minimum absolute atomic E-state index is 0.174. The number of hydrogen-bond donors (Lipinski definition) is 2. The summed E-state index contributed by atoms with van der Waals surface area (Å²) in [6.45, 7) is 10.4. The number of benzene rings is 1. The number of nitrogens with zero attached hydrogens (tertiary/aromatic N) is 2. The van der Waals surface area contributed by atoms with E-state index >= 15 is 0 Å². The normalized spacial score (nSPS) is 17.5. The van der Waals surface area contributed by atoms with E-state index in [2.05, 4.69) is 66.3 Å². The fourth-order valence-corrected chi connectivity index (χ4v) is 3.35. The number of nitrogens with one attached hydrogen (secondary N) is 2. The first-order valence-corrected chi connectivity index (χ1v) is 9.07. The molecule has 0 bridgehead atoms. The summed E-state index contributed by atoms with van der Waals surface area (Å²) >= 11 is 0. The van der Waals surface area contributed by atoms with Gasteiger partial charge in [0.25, 0.3) is 0 Å². The van der Waals surface area contributed by atoms with Crippen molar-refractivity contribution in [1.82, 2.24) is 20.4 Å². The summed E-state index contributed by atoms with van der Waals surface area (Å²) in [7, 11) is 0. The zero-order chi connectivity index (χ0) is 18.0. The van der Waals surface area contributed by atoms with Crippen molar-refractivity contribution in [1.29, 1.82) is 0 Å². The summed E-state index contributed by atoms with van der Waals surface area (Å²) in [4.78, 5) is 13.9. The molecule has 2 N–H and O–H groups in total. The standard InChI is InChI=1S/C20H28N4O/c1-13(2)24(12-18-7-8-19(25)22-18)11-17-10-21-23-20(17)16-6-5-14(3)15(4)9-16/h5-6,9-10,13,18H,7-8,11-12H2,1-4H3,(H,21,23)(H,22,25)/t18-/m1/s1. The van der Waals surface area contributed by atoms with Gasteiger partial charge in [-0.25, -0.2) is 0 Å². The third-order valence-electron chi connectivity index (χ3n) is 5.16. The topological polar surface area (TPSA) is 61.0 Å². The van der Waals surface area contributed by atoms with Crippen molar-refractivity contribution in [3.8, 4) is 11.3 Å². The van der Waals surface area contributed by atoms with E-state index in [1.54, 1.807) is 0 Å². The molecular formula is C20H28N4O. The van der Waals surface area contributed by atoms with E-state index < -0.39 is 0 Å². The Morgan fingerprint density at radius 1 is 1.28 bits per heavy atom. The molecule has 25 heavy (non-hydrogen) atoms. The third-order valence-corrected chi connectivity index (χ3v) is 5.16. The second-order valence-corrected chi connectivity index (χ2v) is 7.40. The number of carbonyl (C=O) groups is 1. The Hall–Kier alpha value is -2.14. The van der Waals surface area contributed by atoms with Gasteiger partial charge >= 0.3 is 0 Å². The van der Waals surface area contributed by atoms with Gasteiger partial charge < -0.3 is 5.32 Å². The molecule has 1 fully saturated rings. The fraction of sp³-hybridized carbons (Fsp3) is 0.500. The summed E-state index contributed by atoms with van der Waals surface area (Å²) < 4.78 is 0. The molecule has 134 valence electrons. The van der Waals surface area contributed by atoms with Crippen molar-refractivity contribution in [2.45, 2.75) is 59.2 Å². The Balaban J connectivity index is 1.78. The van der Waals surface area contributed by atoms with Gasteiger partial charge in [0.15, 0.2) is 0 Å². The number of H-pyrrole nitrogens is 1. The maximum atomic E-state index is 11.5. The smallest absolute Gasteiger partial charge is 0.220 e. The molecule has 5 heteroatoms. The number of aryl methyl sites for hydroxylation is 2. The van der Waals surface area contributed by atoms with Crippen LogP contribution in [-0.4, -0.2) is 39.6 Å². The molecule has 0 unspecified atom stereocenters. The molecule has 5 nitrogen and oxygen atoms in total. The van der Waals surface area contributed by atoms with Crippen LogP contribution in [0.4, 0.5) is 0 Å². The highest BCUT2D eigenvalue weighted by molar-refractivity contribution is 5.78. The molecule has 0 spiro atoms. The van der Waals surface area contributed by atoms with Crippen LogP contribution in [0, 0.1) is 13.8 Å². The van der Waals surface area contributed by atoms with Crippen LogP contribution in [0.1, 0.15) is 43.4 Å². The first-order chi connectivity index (χ1) is 11.9. The first-order valence-electron chi connectivity index (χ1n) is 9.07. The lowest BCUT2D eigenvalue weighted by Gasteiger charge is -2.29. The molecule has 0 aliphatic carbocycles. The molecule has 0 radical (unpaired) electrons. The Kier molecular flexibility index (Phi) is 5.23. The van der Waals surface area contributed by atoms with Crippen LogP contribution in [0.25, 0.3) is 11.3 Å². The van der Waals surface area contributed by atoms with Crippen LogP contribution < -0.4 is 5.32 Å². The number of rotatable bonds is 6. The molecule has 1 aliphatic heterocycles. The maximum Gasteiger partial charge on any atom is 0.220 e. The van der Waals surface area contributed by atoms with Gasteiger partial charge in [-0.15, -0.1) is 0 Å². The largest absolute Gasteiger partial charge is 0.352 e. The van der Waals surface area contributed by atoms with E-state index in [0.29, 0.717) is 12.5 Å². The SMILES string of the molecule is Cc1ccc(-c2[nH]ncc2CN(C[C@H]2CCC(=O)N2)C(C)C)cc1C. The van der Waals surface area contributed by atoms with Gasteiger partial charge in [0.05, 0.1) is 11.9 Å². The Bertz CT molecular complexity index is 750. The maximum absolute atomic E-state index is 11.5. The molecule has 3 rings (SSSR count). The highest BCUT2D eigenvalue weighted by atomic mass is 16.1. The van der Waals surface area contributed by atoms with Crippen molar-refractivity contribution in [2.75, 3.05) is 6.54 Å². The van der Waals surface area contributed by atoms with Gasteiger partial charge in [0.2, 0.25) is 5.91 Å². The molecule has 1 amide bonds. The number of amides is 1. The van der Waals surface area contributed by atoms with Crippen LogP contribution in [0.3, 0.4) is 0 Å². The minimum atomic E-state index is 0.174. The predicted molar refractivity (Wildman–Crippen MR) is 100 cm³/mol. The van der Waals surface area contributed by atoms with Crippen LogP contribution in [-0.2, 0) is 11.3 Å². The van der Waals surface area contributed by atoms with Gasteiger partial charge in [-0.05, 0) is 51.3 Å². The van der Waals surface area contributed by atoms with Crippen molar-refractivity contribution < 1.29 is 4.79 Å². The number of hydrogen-bond acceptors (Lipinski definition) is 3. The molecule has 1 aliphatic rings. The van der Waals surface area contributed by atoms with Gasteiger partial charge in [0, 0.05) is 42.7 Å². The third kappa shape index (κ3) is 4.10. The Morgan fingerprint density at radius 2 is 2.08 bits per heavy atom. The molecule has 1 saturated heterocycles. The van der Waals surface area contributed by atoms with E-state index in [1.165, 1.54) is 22.3 Å². The van der Waals surface area contributed by atoms with Crippen molar-refractivity contribution in [3.05, 3.63) is 41.1 Å². The highest BCUT2D eigenvalue weighted by Crippen LogP contribution is 2.25.